The summed E-state index contributed by atoms with van der Waals surface area (Å²) in [5.41, 5.74) is 5.80. The van der Waals surface area contributed by atoms with Gasteiger partial charge in [-0.1, -0.05) is 17.7 Å². The van der Waals surface area contributed by atoms with Crippen LogP contribution in [0.3, 0.4) is 0 Å². The first kappa shape index (κ1) is 14.6. The molecule has 0 amide bonds. The first-order chi connectivity index (χ1) is 8.90. The molecule has 2 rings (SSSR count). The van der Waals surface area contributed by atoms with Crippen molar-refractivity contribution in [2.75, 3.05) is 12.3 Å². The second-order valence-corrected chi connectivity index (χ2v) is 6.95. The van der Waals surface area contributed by atoms with Crippen LogP contribution in [0.1, 0.15) is 19.3 Å². The molecule has 19 heavy (non-hydrogen) atoms. The Morgan fingerprint density at radius 3 is 2.74 bits per heavy atom. The summed E-state index contributed by atoms with van der Waals surface area (Å²) >= 11 is 5.89. The number of aliphatic hydroxyl groups is 1. The average molecular weight is 305 g/mol. The van der Waals surface area contributed by atoms with Gasteiger partial charge in [-0.3, -0.25) is 0 Å². The van der Waals surface area contributed by atoms with Crippen LogP contribution in [0.15, 0.2) is 23.1 Å². The quantitative estimate of drug-likeness (QED) is 0.732. The molecule has 1 aromatic rings. The lowest BCUT2D eigenvalue weighted by molar-refractivity contribution is 0.178. The molecule has 0 aliphatic heterocycles. The summed E-state index contributed by atoms with van der Waals surface area (Å²) in [6, 6.07) is 4.59. The molecule has 2 atom stereocenters. The molecule has 2 unspecified atom stereocenters. The fourth-order valence-electron chi connectivity index (χ4n) is 2.34. The maximum absolute atomic E-state index is 12.2. The normalized spacial score (nSPS) is 23.7. The maximum atomic E-state index is 12.2. The van der Waals surface area contributed by atoms with Gasteiger partial charge in [0.25, 0.3) is 0 Å². The van der Waals surface area contributed by atoms with Crippen LogP contribution >= 0.6 is 11.6 Å². The van der Waals surface area contributed by atoms with E-state index in [0.717, 1.165) is 12.8 Å². The summed E-state index contributed by atoms with van der Waals surface area (Å²) < 4.78 is 26.9. The number of nitrogen functional groups attached to an aromatic ring is 1. The zero-order chi connectivity index (χ0) is 14.0. The molecule has 4 N–H and O–H groups in total. The summed E-state index contributed by atoms with van der Waals surface area (Å²) in [4.78, 5) is -0.0739. The van der Waals surface area contributed by atoms with Crippen LogP contribution in [0.25, 0.3) is 0 Å². The van der Waals surface area contributed by atoms with E-state index in [4.69, 9.17) is 17.3 Å². The molecular weight excluding hydrogens is 288 g/mol. The molecule has 5 nitrogen and oxygen atoms in total. The van der Waals surface area contributed by atoms with Gasteiger partial charge in [0.15, 0.2) is 0 Å². The molecule has 1 aliphatic rings. The van der Waals surface area contributed by atoms with Crippen molar-refractivity contribution in [1.29, 1.82) is 0 Å². The number of aliphatic hydroxyl groups excluding tert-OH is 1. The van der Waals surface area contributed by atoms with Gasteiger partial charge in [-0.2, -0.15) is 0 Å². The van der Waals surface area contributed by atoms with Gasteiger partial charge < -0.3 is 10.8 Å². The number of hydrogen-bond acceptors (Lipinski definition) is 4. The summed E-state index contributed by atoms with van der Waals surface area (Å²) in [6.45, 7) is 0.296. The lowest BCUT2D eigenvalue weighted by atomic mass is 10.1. The van der Waals surface area contributed by atoms with E-state index in [1.165, 1.54) is 12.1 Å². The van der Waals surface area contributed by atoms with Gasteiger partial charge in [0.05, 0.1) is 16.8 Å². The number of rotatable bonds is 4. The molecular formula is C12H17ClN2O3S. The molecule has 1 aromatic carbocycles. The van der Waals surface area contributed by atoms with E-state index in [9.17, 15) is 13.5 Å². The van der Waals surface area contributed by atoms with Crippen molar-refractivity contribution in [2.45, 2.75) is 30.3 Å². The van der Waals surface area contributed by atoms with Crippen molar-refractivity contribution in [3.63, 3.8) is 0 Å². The van der Waals surface area contributed by atoms with Crippen LogP contribution < -0.4 is 10.5 Å². The maximum Gasteiger partial charge on any atom is 0.244 e. The number of benzene rings is 1. The Labute approximate surface area is 117 Å². The van der Waals surface area contributed by atoms with Gasteiger partial charge in [-0.15, -0.1) is 0 Å². The Hall–Kier alpha value is -0.820. The fraction of sp³-hybridized carbons (Fsp3) is 0.500. The van der Waals surface area contributed by atoms with Crippen molar-refractivity contribution in [1.82, 2.24) is 4.72 Å². The van der Waals surface area contributed by atoms with Crippen LogP contribution in [-0.2, 0) is 10.0 Å². The zero-order valence-corrected chi connectivity index (χ0v) is 11.9. The SMILES string of the molecule is Nc1cccc(Cl)c1S(=O)(=O)NCC1CCC(O)C1. The Kier molecular flexibility index (Phi) is 4.35. The molecule has 0 aromatic heterocycles. The molecule has 0 heterocycles. The third-order valence-electron chi connectivity index (χ3n) is 3.34. The number of nitrogens with one attached hydrogen (secondary N) is 1. The van der Waals surface area contributed by atoms with Gasteiger partial charge in [-0.25, -0.2) is 13.1 Å². The van der Waals surface area contributed by atoms with Crippen LogP contribution in [0, 0.1) is 5.92 Å². The van der Waals surface area contributed by atoms with E-state index in [1.807, 2.05) is 0 Å². The lowest BCUT2D eigenvalue weighted by Gasteiger charge is -2.13. The van der Waals surface area contributed by atoms with E-state index in [1.54, 1.807) is 6.07 Å². The van der Waals surface area contributed by atoms with E-state index in [-0.39, 0.29) is 27.6 Å². The largest absolute Gasteiger partial charge is 0.398 e. The number of anilines is 1. The second-order valence-electron chi connectivity index (χ2n) is 4.84. The Balaban J connectivity index is 2.10. The smallest absolute Gasteiger partial charge is 0.244 e. The van der Waals surface area contributed by atoms with Gasteiger partial charge >= 0.3 is 0 Å². The summed E-state index contributed by atoms with van der Waals surface area (Å²) in [7, 11) is -3.72. The summed E-state index contributed by atoms with van der Waals surface area (Å²) in [6.07, 6.45) is 1.85. The molecule has 0 radical (unpaired) electrons. The van der Waals surface area contributed by atoms with E-state index >= 15 is 0 Å². The standard InChI is InChI=1S/C12H17ClN2O3S/c13-10-2-1-3-11(14)12(10)19(17,18)15-7-8-4-5-9(16)6-8/h1-3,8-9,15-16H,4-7,14H2. The first-order valence-electron chi connectivity index (χ1n) is 6.12. The number of sulfonamides is 1. The molecule has 0 saturated heterocycles. The molecule has 1 aliphatic carbocycles. The monoisotopic (exact) mass is 304 g/mol. The highest BCUT2D eigenvalue weighted by atomic mass is 35.5. The first-order valence-corrected chi connectivity index (χ1v) is 7.98. The highest BCUT2D eigenvalue weighted by Gasteiger charge is 2.26. The topological polar surface area (TPSA) is 92.4 Å². The molecule has 1 saturated carbocycles. The number of nitrogens with two attached hydrogens (primary N) is 1. The third kappa shape index (κ3) is 3.39. The number of hydrogen-bond donors (Lipinski definition) is 3. The summed E-state index contributed by atoms with van der Waals surface area (Å²) in [5.74, 6) is 0.161. The molecule has 7 heteroatoms. The van der Waals surface area contributed by atoms with Crippen LogP contribution in [0.2, 0.25) is 5.02 Å². The Morgan fingerprint density at radius 1 is 1.42 bits per heavy atom. The van der Waals surface area contributed by atoms with Gasteiger partial charge in [0.2, 0.25) is 10.0 Å². The lowest BCUT2D eigenvalue weighted by Crippen LogP contribution is -2.29. The van der Waals surface area contributed by atoms with E-state index < -0.39 is 10.0 Å². The van der Waals surface area contributed by atoms with Crippen molar-refractivity contribution in [3.05, 3.63) is 23.2 Å². The van der Waals surface area contributed by atoms with E-state index in [0.29, 0.717) is 13.0 Å². The molecule has 0 spiro atoms. The minimum Gasteiger partial charge on any atom is -0.398 e. The molecule has 0 bridgehead atoms. The summed E-state index contributed by atoms with van der Waals surface area (Å²) in [5, 5.41) is 9.53. The zero-order valence-electron chi connectivity index (χ0n) is 10.3. The van der Waals surface area contributed by atoms with Crippen molar-refractivity contribution < 1.29 is 13.5 Å². The van der Waals surface area contributed by atoms with Gasteiger partial charge in [-0.05, 0) is 37.3 Å². The Bertz CT molecular complexity index is 542. The predicted molar refractivity (Wildman–Crippen MR) is 74.4 cm³/mol. The highest BCUT2D eigenvalue weighted by Crippen LogP contribution is 2.28. The Morgan fingerprint density at radius 2 is 2.16 bits per heavy atom. The van der Waals surface area contributed by atoms with Crippen molar-refractivity contribution in [2.24, 2.45) is 5.92 Å². The fourth-order valence-corrected chi connectivity index (χ4v) is 4.13. The second kappa shape index (κ2) is 5.66. The molecule has 106 valence electrons. The van der Waals surface area contributed by atoms with Crippen LogP contribution in [0.4, 0.5) is 5.69 Å². The van der Waals surface area contributed by atoms with Gasteiger partial charge in [0.1, 0.15) is 4.90 Å². The van der Waals surface area contributed by atoms with Crippen LogP contribution in [0.5, 0.6) is 0 Å². The van der Waals surface area contributed by atoms with E-state index in [2.05, 4.69) is 4.72 Å². The predicted octanol–water partition coefficient (Wildman–Crippen LogP) is 1.36. The third-order valence-corrected chi connectivity index (χ3v) is 5.31. The highest BCUT2D eigenvalue weighted by molar-refractivity contribution is 7.89. The average Bonchev–Trinajstić information content (AvgIpc) is 2.72. The van der Waals surface area contributed by atoms with Crippen molar-refractivity contribution in [3.8, 4) is 0 Å². The van der Waals surface area contributed by atoms with Gasteiger partial charge in [0, 0.05) is 6.54 Å². The van der Waals surface area contributed by atoms with Crippen molar-refractivity contribution >= 4 is 27.3 Å². The number of halogens is 1. The minimum atomic E-state index is -3.72. The molecule has 1 fully saturated rings. The minimum absolute atomic E-state index is 0.0739. The van der Waals surface area contributed by atoms with Crippen LogP contribution in [-0.4, -0.2) is 26.2 Å².